The molecule has 0 bridgehead atoms. The van der Waals surface area contributed by atoms with Gasteiger partial charge in [0.1, 0.15) is 5.82 Å². The van der Waals surface area contributed by atoms with Gasteiger partial charge in [0.15, 0.2) is 5.76 Å². The lowest BCUT2D eigenvalue weighted by Gasteiger charge is -2.36. The van der Waals surface area contributed by atoms with E-state index in [0.29, 0.717) is 18.0 Å². The first-order chi connectivity index (χ1) is 14.4. The van der Waals surface area contributed by atoms with Crippen LogP contribution in [0, 0.1) is 27.7 Å². The number of piperidine rings is 1. The zero-order valence-electron chi connectivity index (χ0n) is 18.1. The highest BCUT2D eigenvalue weighted by molar-refractivity contribution is 5.80. The Labute approximate surface area is 177 Å². The van der Waals surface area contributed by atoms with Crippen LogP contribution in [-0.2, 0) is 11.2 Å². The molecule has 0 unspecified atom stereocenters. The van der Waals surface area contributed by atoms with Gasteiger partial charge in [-0.2, -0.15) is 0 Å². The second-order valence-electron chi connectivity index (χ2n) is 8.20. The molecule has 0 spiro atoms. The van der Waals surface area contributed by atoms with Crippen LogP contribution in [0.2, 0.25) is 0 Å². The van der Waals surface area contributed by atoms with Gasteiger partial charge in [-0.25, -0.2) is 9.97 Å². The fourth-order valence-electron chi connectivity index (χ4n) is 4.08. The molecule has 30 heavy (non-hydrogen) atoms. The van der Waals surface area contributed by atoms with Crippen molar-refractivity contribution in [2.75, 3.05) is 6.54 Å². The monoisotopic (exact) mass is 404 g/mol. The molecule has 0 N–H and O–H groups in total. The quantitative estimate of drug-likeness (QED) is 0.632. The van der Waals surface area contributed by atoms with E-state index < -0.39 is 0 Å². The molecule has 1 amide bonds. The minimum Gasteiger partial charge on any atom is -0.356 e. The molecule has 6 nitrogen and oxygen atoms in total. The van der Waals surface area contributed by atoms with E-state index in [1.165, 1.54) is 5.56 Å². The molecule has 6 heteroatoms. The molecule has 2 aromatic heterocycles. The van der Waals surface area contributed by atoms with Crippen LogP contribution < -0.4 is 0 Å². The molecule has 3 heterocycles. The minimum absolute atomic E-state index is 0.0850. The number of aromatic nitrogens is 3. The van der Waals surface area contributed by atoms with Crippen molar-refractivity contribution in [3.05, 3.63) is 64.4 Å². The summed E-state index contributed by atoms with van der Waals surface area (Å²) < 4.78 is 5.62. The second-order valence-corrected chi connectivity index (χ2v) is 8.20. The summed E-state index contributed by atoms with van der Waals surface area (Å²) in [5.74, 6) is 1.52. The van der Waals surface area contributed by atoms with Gasteiger partial charge >= 0.3 is 0 Å². The Morgan fingerprint density at radius 3 is 2.60 bits per heavy atom. The third-order valence-corrected chi connectivity index (χ3v) is 5.96. The molecule has 1 fully saturated rings. The van der Waals surface area contributed by atoms with Crippen LogP contribution in [0.15, 0.2) is 35.0 Å². The maximum absolute atomic E-state index is 13.3. The maximum atomic E-state index is 13.3. The average Bonchev–Trinajstić information content (AvgIpc) is 3.08. The van der Waals surface area contributed by atoms with Gasteiger partial charge in [-0.1, -0.05) is 35.0 Å². The van der Waals surface area contributed by atoms with E-state index in [4.69, 9.17) is 9.51 Å². The Hall–Kier alpha value is -3.02. The van der Waals surface area contributed by atoms with Crippen LogP contribution in [0.25, 0.3) is 11.3 Å². The normalized spacial score (nSPS) is 16.7. The van der Waals surface area contributed by atoms with Crippen molar-refractivity contribution in [2.45, 2.75) is 59.4 Å². The highest BCUT2D eigenvalue weighted by Gasteiger charge is 2.32. The van der Waals surface area contributed by atoms with E-state index in [-0.39, 0.29) is 11.9 Å². The summed E-state index contributed by atoms with van der Waals surface area (Å²) in [6.45, 7) is 8.60. The molecule has 1 aromatic carbocycles. The number of likely N-dealkylation sites (tertiary alicyclic amines) is 1. The fraction of sp³-hybridized carbons (Fsp3) is 0.417. The molecule has 156 valence electrons. The highest BCUT2D eigenvalue weighted by atomic mass is 16.5. The number of rotatable bonds is 4. The van der Waals surface area contributed by atoms with Gasteiger partial charge in [-0.3, -0.25) is 4.79 Å². The summed E-state index contributed by atoms with van der Waals surface area (Å²) in [6.07, 6.45) is 5.17. The molecule has 0 aliphatic carbocycles. The van der Waals surface area contributed by atoms with Crippen LogP contribution in [-0.4, -0.2) is 32.5 Å². The van der Waals surface area contributed by atoms with Crippen molar-refractivity contribution in [2.24, 2.45) is 0 Å². The van der Waals surface area contributed by atoms with E-state index in [9.17, 15) is 4.79 Å². The van der Waals surface area contributed by atoms with Gasteiger partial charge in [0, 0.05) is 18.3 Å². The van der Waals surface area contributed by atoms with Gasteiger partial charge in [0.2, 0.25) is 5.91 Å². The summed E-state index contributed by atoms with van der Waals surface area (Å²) in [7, 11) is 0. The van der Waals surface area contributed by atoms with E-state index in [2.05, 4.69) is 29.2 Å². The van der Waals surface area contributed by atoms with E-state index in [1.54, 1.807) is 0 Å². The number of carbonyl (C=O) groups excluding carboxylic acids is 1. The fourth-order valence-corrected chi connectivity index (χ4v) is 4.08. The summed E-state index contributed by atoms with van der Waals surface area (Å²) in [6, 6.07) is 8.09. The smallest absolute Gasteiger partial charge is 0.227 e. The molecule has 0 saturated carbocycles. The van der Waals surface area contributed by atoms with Gasteiger partial charge in [0.25, 0.3) is 0 Å². The number of hydrogen-bond acceptors (Lipinski definition) is 5. The zero-order chi connectivity index (χ0) is 21.3. The van der Waals surface area contributed by atoms with Crippen molar-refractivity contribution in [3.63, 3.8) is 0 Å². The van der Waals surface area contributed by atoms with Crippen LogP contribution in [0.1, 0.15) is 59.2 Å². The summed E-state index contributed by atoms with van der Waals surface area (Å²) >= 11 is 0. The minimum atomic E-state index is -0.0850. The Kier molecular flexibility index (Phi) is 5.66. The Morgan fingerprint density at radius 1 is 1.13 bits per heavy atom. The standard InChI is InChI=1S/C24H28N4O2/c1-15-8-10-19(11-9-15)13-22(29)28-12-6-5-7-21(28)23-20(14-25-18(4)26-23)24-16(2)17(3)27-30-24/h8-11,14,21H,5-7,12-13H2,1-4H3/t21-/m0/s1. The van der Waals surface area contributed by atoms with Crippen LogP contribution in [0.4, 0.5) is 0 Å². The third kappa shape index (κ3) is 3.99. The van der Waals surface area contributed by atoms with Gasteiger partial charge < -0.3 is 9.42 Å². The Balaban J connectivity index is 1.69. The topological polar surface area (TPSA) is 72.1 Å². The van der Waals surface area contributed by atoms with Crippen LogP contribution in [0.5, 0.6) is 0 Å². The highest BCUT2D eigenvalue weighted by Crippen LogP contribution is 2.37. The average molecular weight is 405 g/mol. The predicted octanol–water partition coefficient (Wildman–Crippen LogP) is 4.66. The number of amides is 1. The van der Waals surface area contributed by atoms with Crippen molar-refractivity contribution < 1.29 is 9.32 Å². The number of nitrogens with zero attached hydrogens (tertiary/aromatic N) is 4. The first-order valence-corrected chi connectivity index (χ1v) is 10.6. The second kappa shape index (κ2) is 8.38. The lowest BCUT2D eigenvalue weighted by molar-refractivity contribution is -0.134. The van der Waals surface area contributed by atoms with Gasteiger partial charge in [-0.15, -0.1) is 0 Å². The molecule has 1 saturated heterocycles. The Bertz CT molecular complexity index is 1060. The molecule has 1 atom stereocenters. The van der Waals surface area contributed by atoms with Gasteiger partial charge in [-0.05, 0) is 52.5 Å². The van der Waals surface area contributed by atoms with E-state index >= 15 is 0 Å². The van der Waals surface area contributed by atoms with E-state index in [1.807, 2.05) is 44.0 Å². The number of benzene rings is 1. The first kappa shape index (κ1) is 20.3. The Morgan fingerprint density at radius 2 is 1.90 bits per heavy atom. The predicted molar refractivity (Wildman–Crippen MR) is 115 cm³/mol. The molecule has 4 rings (SSSR count). The zero-order valence-corrected chi connectivity index (χ0v) is 18.1. The third-order valence-electron chi connectivity index (χ3n) is 5.96. The molecule has 3 aromatic rings. The molecular formula is C24H28N4O2. The lowest BCUT2D eigenvalue weighted by atomic mass is 9.94. The molecule has 0 radical (unpaired) electrons. The summed E-state index contributed by atoms with van der Waals surface area (Å²) in [5, 5.41) is 4.11. The first-order valence-electron chi connectivity index (χ1n) is 10.6. The number of hydrogen-bond donors (Lipinski definition) is 0. The van der Waals surface area contributed by atoms with Crippen molar-refractivity contribution in [3.8, 4) is 11.3 Å². The SMILES string of the molecule is Cc1ccc(CC(=O)N2CCCC[C@H]2c2nc(C)ncc2-c2onc(C)c2C)cc1. The van der Waals surface area contributed by atoms with Crippen molar-refractivity contribution in [1.82, 2.24) is 20.0 Å². The van der Waals surface area contributed by atoms with Crippen LogP contribution in [0.3, 0.4) is 0 Å². The van der Waals surface area contributed by atoms with Crippen molar-refractivity contribution >= 4 is 5.91 Å². The molecular weight excluding hydrogens is 376 g/mol. The maximum Gasteiger partial charge on any atom is 0.227 e. The van der Waals surface area contributed by atoms with Crippen LogP contribution >= 0.6 is 0 Å². The lowest BCUT2D eigenvalue weighted by Crippen LogP contribution is -2.40. The number of aryl methyl sites for hydroxylation is 3. The van der Waals surface area contributed by atoms with Gasteiger partial charge in [0.05, 0.1) is 29.4 Å². The van der Waals surface area contributed by atoms with E-state index in [0.717, 1.165) is 53.9 Å². The molecule has 1 aliphatic rings. The van der Waals surface area contributed by atoms with Crippen molar-refractivity contribution in [1.29, 1.82) is 0 Å². The summed E-state index contributed by atoms with van der Waals surface area (Å²) in [4.78, 5) is 24.5. The summed E-state index contributed by atoms with van der Waals surface area (Å²) in [5.41, 5.74) is 5.76. The number of carbonyl (C=O) groups is 1. The largest absolute Gasteiger partial charge is 0.356 e. The molecule has 1 aliphatic heterocycles.